The van der Waals surface area contributed by atoms with Gasteiger partial charge in [-0.25, -0.2) is 4.39 Å². The highest BCUT2D eigenvalue weighted by molar-refractivity contribution is 9.08. The molecule has 0 saturated carbocycles. The van der Waals surface area contributed by atoms with Gasteiger partial charge in [-0.15, -0.1) is 0 Å². The third kappa shape index (κ3) is 2.95. The molecular weight excluding hydrogens is 279 g/mol. The first-order chi connectivity index (χ1) is 7.62. The zero-order valence-corrected chi connectivity index (χ0v) is 10.6. The second-order valence-electron chi connectivity index (χ2n) is 3.16. The van der Waals surface area contributed by atoms with E-state index in [-0.39, 0.29) is 17.7 Å². The quantitative estimate of drug-likeness (QED) is 0.631. The predicted molar refractivity (Wildman–Crippen MR) is 61.3 cm³/mol. The van der Waals surface area contributed by atoms with Crippen LogP contribution in [0.2, 0.25) is 0 Å². The Morgan fingerprint density at radius 1 is 1.44 bits per heavy atom. The molecule has 5 heteroatoms. The highest BCUT2D eigenvalue weighted by Gasteiger charge is 2.14. The van der Waals surface area contributed by atoms with Gasteiger partial charge >= 0.3 is 5.97 Å². The molecule has 1 aromatic rings. The molecule has 0 aliphatic heterocycles. The van der Waals surface area contributed by atoms with Crippen molar-refractivity contribution in [2.24, 2.45) is 0 Å². The zero-order valence-electron chi connectivity index (χ0n) is 9.05. The van der Waals surface area contributed by atoms with E-state index in [0.29, 0.717) is 5.33 Å². The predicted octanol–water partition coefficient (Wildman–Crippen LogP) is 2.44. The number of carbonyl (C=O) groups is 1. The fourth-order valence-electron chi connectivity index (χ4n) is 1.30. The first kappa shape index (κ1) is 13.0. The fraction of sp³-hybridized carbons (Fsp3) is 0.364. The second-order valence-corrected chi connectivity index (χ2v) is 3.72. The van der Waals surface area contributed by atoms with Crippen molar-refractivity contribution in [3.8, 4) is 5.75 Å². The lowest BCUT2D eigenvalue weighted by Gasteiger charge is -2.09. The molecule has 0 heterocycles. The van der Waals surface area contributed by atoms with Gasteiger partial charge in [-0.1, -0.05) is 22.0 Å². The van der Waals surface area contributed by atoms with Crippen molar-refractivity contribution >= 4 is 21.9 Å². The summed E-state index contributed by atoms with van der Waals surface area (Å²) < 4.78 is 23.1. The number of benzene rings is 1. The number of ether oxygens (including phenoxy) is 2. The molecule has 1 rings (SSSR count). The summed E-state index contributed by atoms with van der Waals surface area (Å²) in [5.41, 5.74) is 1.12. The van der Waals surface area contributed by atoms with E-state index in [9.17, 15) is 9.18 Å². The highest BCUT2D eigenvalue weighted by Crippen LogP contribution is 2.24. The smallest absolute Gasteiger partial charge is 0.310 e. The monoisotopic (exact) mass is 290 g/mol. The Kier molecular flexibility index (Phi) is 4.73. The molecule has 0 N–H and O–H groups in total. The summed E-state index contributed by atoms with van der Waals surface area (Å²) in [7, 11) is 2.66. The Labute approximate surface area is 102 Å². The van der Waals surface area contributed by atoms with Crippen LogP contribution in [0.1, 0.15) is 11.1 Å². The molecule has 1 aromatic carbocycles. The summed E-state index contributed by atoms with van der Waals surface area (Å²) in [6, 6.07) is 3.20. The molecule has 0 unspecified atom stereocenters. The van der Waals surface area contributed by atoms with Crippen LogP contribution in [0.25, 0.3) is 0 Å². The molecule has 0 bridgehead atoms. The lowest BCUT2D eigenvalue weighted by molar-refractivity contribution is -0.139. The molecule has 0 fully saturated rings. The fourth-order valence-corrected chi connectivity index (χ4v) is 1.62. The molecule has 0 aromatic heterocycles. The van der Waals surface area contributed by atoms with Gasteiger partial charge in [0.05, 0.1) is 20.6 Å². The van der Waals surface area contributed by atoms with Crippen molar-refractivity contribution in [3.05, 3.63) is 29.1 Å². The molecule has 3 nitrogen and oxygen atoms in total. The summed E-state index contributed by atoms with van der Waals surface area (Å²) in [6.07, 6.45) is -0.0977. The summed E-state index contributed by atoms with van der Waals surface area (Å²) in [6.45, 7) is 0. The molecule has 88 valence electrons. The van der Waals surface area contributed by atoms with Crippen molar-refractivity contribution < 1.29 is 18.7 Å². The Morgan fingerprint density at radius 2 is 2.12 bits per heavy atom. The average Bonchev–Trinajstić information content (AvgIpc) is 2.31. The number of hydrogen-bond acceptors (Lipinski definition) is 3. The molecule has 0 radical (unpaired) electrons. The minimum Gasteiger partial charge on any atom is -0.494 e. The van der Waals surface area contributed by atoms with Gasteiger partial charge < -0.3 is 9.47 Å². The molecule has 0 saturated heterocycles. The van der Waals surface area contributed by atoms with E-state index in [1.54, 1.807) is 12.1 Å². The van der Waals surface area contributed by atoms with Crippen LogP contribution in [-0.4, -0.2) is 20.2 Å². The third-order valence-corrected chi connectivity index (χ3v) is 2.76. The molecule has 0 spiro atoms. The minimum atomic E-state index is -0.516. The van der Waals surface area contributed by atoms with Gasteiger partial charge in [-0.2, -0.15) is 0 Å². The lowest BCUT2D eigenvalue weighted by Crippen LogP contribution is -2.07. The molecule has 0 amide bonds. The zero-order chi connectivity index (χ0) is 12.1. The van der Waals surface area contributed by atoms with Crippen molar-refractivity contribution in [1.82, 2.24) is 0 Å². The van der Waals surface area contributed by atoms with E-state index in [4.69, 9.17) is 4.74 Å². The van der Waals surface area contributed by atoms with Crippen LogP contribution < -0.4 is 4.74 Å². The third-order valence-electron chi connectivity index (χ3n) is 2.11. The van der Waals surface area contributed by atoms with E-state index in [2.05, 4.69) is 20.7 Å². The van der Waals surface area contributed by atoms with Gasteiger partial charge in [0.2, 0.25) is 0 Å². The van der Waals surface area contributed by atoms with Crippen molar-refractivity contribution in [1.29, 1.82) is 0 Å². The van der Waals surface area contributed by atoms with E-state index < -0.39 is 11.8 Å². The molecule has 16 heavy (non-hydrogen) atoms. The number of halogens is 2. The first-order valence-electron chi connectivity index (χ1n) is 4.60. The van der Waals surface area contributed by atoms with E-state index in [1.165, 1.54) is 14.2 Å². The largest absolute Gasteiger partial charge is 0.494 e. The normalized spacial score (nSPS) is 10.0. The van der Waals surface area contributed by atoms with Crippen molar-refractivity contribution in [2.45, 2.75) is 11.8 Å². The summed E-state index contributed by atoms with van der Waals surface area (Å²) >= 11 is 3.27. The van der Waals surface area contributed by atoms with Crippen LogP contribution in [0.3, 0.4) is 0 Å². The van der Waals surface area contributed by atoms with Crippen LogP contribution in [-0.2, 0) is 21.3 Å². The number of rotatable bonds is 4. The maximum Gasteiger partial charge on any atom is 0.310 e. The highest BCUT2D eigenvalue weighted by atomic mass is 79.9. The SMILES string of the molecule is COC(=O)Cc1cc(CBr)cc(OC)c1F. The van der Waals surface area contributed by atoms with Gasteiger partial charge in [0.25, 0.3) is 0 Å². The standard InChI is InChI=1S/C11H12BrFO3/c1-15-9-4-7(6-12)3-8(11(9)13)5-10(14)16-2/h3-4H,5-6H2,1-2H3. The van der Waals surface area contributed by atoms with Crippen LogP contribution in [0, 0.1) is 5.82 Å². The van der Waals surface area contributed by atoms with E-state index in [1.807, 2.05) is 0 Å². The molecular formula is C11H12BrFO3. The number of esters is 1. The van der Waals surface area contributed by atoms with Gasteiger partial charge in [0.1, 0.15) is 0 Å². The average molecular weight is 291 g/mol. The number of carbonyl (C=O) groups excluding carboxylic acids is 1. The second kappa shape index (κ2) is 5.84. The van der Waals surface area contributed by atoms with E-state index >= 15 is 0 Å². The molecule has 0 atom stereocenters. The number of methoxy groups -OCH3 is 2. The number of hydrogen-bond donors (Lipinski definition) is 0. The van der Waals surface area contributed by atoms with Crippen LogP contribution >= 0.6 is 15.9 Å². The first-order valence-corrected chi connectivity index (χ1v) is 5.72. The maximum absolute atomic E-state index is 13.7. The van der Waals surface area contributed by atoms with Gasteiger partial charge in [0, 0.05) is 10.9 Å². The van der Waals surface area contributed by atoms with Crippen molar-refractivity contribution in [3.63, 3.8) is 0 Å². The molecule has 0 aliphatic rings. The van der Waals surface area contributed by atoms with Gasteiger partial charge in [-0.3, -0.25) is 4.79 Å². The minimum absolute atomic E-state index is 0.0977. The maximum atomic E-state index is 13.7. The summed E-state index contributed by atoms with van der Waals surface area (Å²) in [5.74, 6) is -0.860. The van der Waals surface area contributed by atoms with Crippen LogP contribution in [0.4, 0.5) is 4.39 Å². The van der Waals surface area contributed by atoms with Crippen LogP contribution in [0.15, 0.2) is 12.1 Å². The number of alkyl halides is 1. The summed E-state index contributed by atoms with van der Waals surface area (Å²) in [4.78, 5) is 11.1. The van der Waals surface area contributed by atoms with E-state index in [0.717, 1.165) is 5.56 Å². The summed E-state index contributed by atoms with van der Waals surface area (Å²) in [5, 5.41) is 0.567. The Bertz CT molecular complexity index is 393. The lowest BCUT2D eigenvalue weighted by atomic mass is 10.1. The Morgan fingerprint density at radius 3 is 2.62 bits per heavy atom. The topological polar surface area (TPSA) is 35.5 Å². The van der Waals surface area contributed by atoms with Crippen LogP contribution in [0.5, 0.6) is 5.75 Å². The van der Waals surface area contributed by atoms with Gasteiger partial charge in [0.15, 0.2) is 11.6 Å². The van der Waals surface area contributed by atoms with Crippen molar-refractivity contribution in [2.75, 3.05) is 14.2 Å². The Balaban J connectivity index is 3.10. The Hall–Kier alpha value is -1.10. The molecule has 0 aliphatic carbocycles. The van der Waals surface area contributed by atoms with Gasteiger partial charge in [-0.05, 0) is 11.6 Å².